The quantitative estimate of drug-likeness (QED) is 0.178. The normalized spacial score (nSPS) is 12.6. The largest absolute Gasteiger partial charge is 0.456 e. The van der Waals surface area contributed by atoms with Crippen molar-refractivity contribution < 1.29 is 8.83 Å². The molecule has 6 heteroatoms. The summed E-state index contributed by atoms with van der Waals surface area (Å²) in [7, 11) is 0. The molecular formula is C54H35N3O2S. The predicted molar refractivity (Wildman–Crippen MR) is 249 cm³/mol. The zero-order valence-electron chi connectivity index (χ0n) is 32.6. The summed E-state index contributed by atoms with van der Waals surface area (Å²) in [4.78, 5) is 16.3. The summed E-state index contributed by atoms with van der Waals surface area (Å²) in [6.45, 7) is 2.14. The molecule has 1 aliphatic carbocycles. The monoisotopic (exact) mass is 789 g/mol. The fourth-order valence-corrected chi connectivity index (χ4v) is 10.1. The van der Waals surface area contributed by atoms with Crippen molar-refractivity contribution in [2.75, 3.05) is 0 Å². The minimum Gasteiger partial charge on any atom is -0.456 e. The number of fused-ring (bicyclic) bond motifs is 10. The van der Waals surface area contributed by atoms with E-state index in [2.05, 4.69) is 153 Å². The van der Waals surface area contributed by atoms with Crippen LogP contribution in [0.25, 0.3) is 115 Å². The highest BCUT2D eigenvalue weighted by Gasteiger charge is 2.23. The van der Waals surface area contributed by atoms with Crippen LogP contribution in [0.3, 0.4) is 0 Å². The molecule has 11 aromatic rings. The smallest absolute Gasteiger partial charge is 0.165 e. The van der Waals surface area contributed by atoms with Crippen LogP contribution < -0.4 is 0 Å². The number of nitrogens with zero attached hydrogens (tertiary/aromatic N) is 3. The number of rotatable bonds is 4. The summed E-state index contributed by atoms with van der Waals surface area (Å²) in [5.41, 5.74) is 11.4. The van der Waals surface area contributed by atoms with Gasteiger partial charge in [0.05, 0.1) is 0 Å². The highest BCUT2D eigenvalue weighted by Crippen LogP contribution is 2.44. The molecule has 1 aliphatic rings. The van der Waals surface area contributed by atoms with E-state index in [1.165, 1.54) is 21.0 Å². The van der Waals surface area contributed by atoms with Gasteiger partial charge in [-0.3, -0.25) is 0 Å². The molecule has 0 bridgehead atoms. The Balaban J connectivity index is 1.19. The molecule has 0 N–H and O–H groups in total. The average Bonchev–Trinajstić information content (AvgIpc) is 3.99. The van der Waals surface area contributed by atoms with Crippen LogP contribution in [-0.2, 0) is 6.42 Å². The predicted octanol–water partition coefficient (Wildman–Crippen LogP) is 15.1. The van der Waals surface area contributed by atoms with Gasteiger partial charge < -0.3 is 8.83 Å². The van der Waals surface area contributed by atoms with Gasteiger partial charge in [-0.1, -0.05) is 127 Å². The third kappa shape index (κ3) is 5.63. The van der Waals surface area contributed by atoms with Crippen LogP contribution >= 0.6 is 11.3 Å². The summed E-state index contributed by atoms with van der Waals surface area (Å²) < 4.78 is 15.6. The molecule has 12 rings (SSSR count). The summed E-state index contributed by atoms with van der Waals surface area (Å²) in [6, 6.07) is 55.1. The molecule has 284 valence electrons. The lowest BCUT2D eigenvalue weighted by Gasteiger charge is -2.13. The van der Waals surface area contributed by atoms with E-state index in [9.17, 15) is 0 Å². The zero-order chi connectivity index (χ0) is 39.7. The first kappa shape index (κ1) is 34.6. The van der Waals surface area contributed by atoms with Crippen LogP contribution in [0.2, 0.25) is 0 Å². The molecule has 60 heavy (non-hydrogen) atoms. The molecule has 7 aromatic carbocycles. The second-order valence-corrected chi connectivity index (χ2v) is 16.5. The van der Waals surface area contributed by atoms with Crippen molar-refractivity contribution in [1.29, 1.82) is 0 Å². The Hall–Kier alpha value is -7.41. The van der Waals surface area contributed by atoms with Gasteiger partial charge in [-0.25, -0.2) is 15.0 Å². The van der Waals surface area contributed by atoms with Crippen molar-refractivity contribution in [2.45, 2.75) is 19.8 Å². The molecule has 0 atom stereocenters. The van der Waals surface area contributed by atoms with Gasteiger partial charge in [-0.2, -0.15) is 0 Å². The van der Waals surface area contributed by atoms with Crippen molar-refractivity contribution in [3.8, 4) is 45.3 Å². The third-order valence-electron chi connectivity index (χ3n) is 11.8. The number of hydrogen-bond donors (Lipinski definition) is 0. The SMILES string of the molecule is Cc1cccccc2c(cc1-c1nc(-c3cccc4c3sc3ccccc34)nc(-c3cc(-c4cccc5c4oc4ccccc45)cc4oc5ccccc5c34)n1)C=CCC2. The second-order valence-electron chi connectivity index (χ2n) is 15.4. The molecule has 0 fully saturated rings. The van der Waals surface area contributed by atoms with Gasteiger partial charge >= 0.3 is 0 Å². The highest BCUT2D eigenvalue weighted by atomic mass is 32.1. The zero-order valence-corrected chi connectivity index (χ0v) is 33.5. The fourth-order valence-electron chi connectivity index (χ4n) is 8.88. The molecule has 4 heterocycles. The number of allylic oxidation sites excluding steroid dienone is 1. The maximum Gasteiger partial charge on any atom is 0.165 e. The molecule has 4 aromatic heterocycles. The highest BCUT2D eigenvalue weighted by molar-refractivity contribution is 7.26. The molecule has 0 aliphatic heterocycles. The summed E-state index contributed by atoms with van der Waals surface area (Å²) in [5, 5.41) is 6.52. The van der Waals surface area contributed by atoms with Gasteiger partial charge in [0.15, 0.2) is 17.5 Å². The first-order chi connectivity index (χ1) is 29.6. The van der Waals surface area contributed by atoms with E-state index >= 15 is 0 Å². The van der Waals surface area contributed by atoms with Gasteiger partial charge in [0.2, 0.25) is 0 Å². The van der Waals surface area contributed by atoms with E-state index in [0.29, 0.717) is 17.5 Å². The van der Waals surface area contributed by atoms with Crippen molar-refractivity contribution in [1.82, 2.24) is 15.0 Å². The number of furan rings is 2. The molecule has 0 saturated heterocycles. The van der Waals surface area contributed by atoms with Crippen LogP contribution in [-0.4, -0.2) is 15.0 Å². The van der Waals surface area contributed by atoms with E-state index in [4.69, 9.17) is 23.8 Å². The lowest BCUT2D eigenvalue weighted by molar-refractivity contribution is 0.668. The number of aryl methyl sites for hydroxylation is 2. The molecule has 0 unspecified atom stereocenters. The van der Waals surface area contributed by atoms with Crippen LogP contribution in [0.1, 0.15) is 23.1 Å². The molecular weight excluding hydrogens is 755 g/mol. The van der Waals surface area contributed by atoms with Crippen LogP contribution in [0.5, 0.6) is 0 Å². The van der Waals surface area contributed by atoms with Crippen LogP contribution in [0, 0.1) is 6.92 Å². The first-order valence-corrected chi connectivity index (χ1v) is 21.1. The van der Waals surface area contributed by atoms with Crippen molar-refractivity contribution in [3.05, 3.63) is 180 Å². The Bertz CT molecular complexity index is 3650. The fraction of sp³-hybridized carbons (Fsp3) is 0.0556. The third-order valence-corrected chi connectivity index (χ3v) is 13.0. The molecule has 0 radical (unpaired) electrons. The maximum absolute atomic E-state index is 6.68. The van der Waals surface area contributed by atoms with Crippen molar-refractivity contribution in [3.63, 3.8) is 0 Å². The Labute approximate surface area is 349 Å². The number of aromatic nitrogens is 3. The average molecular weight is 790 g/mol. The van der Waals surface area contributed by atoms with E-state index in [0.717, 1.165) is 100 Å². The molecule has 0 amide bonds. The minimum absolute atomic E-state index is 0.568. The molecule has 0 spiro atoms. The topological polar surface area (TPSA) is 65.0 Å². The van der Waals surface area contributed by atoms with E-state index in [1.54, 1.807) is 11.3 Å². The first-order valence-electron chi connectivity index (χ1n) is 20.3. The number of benzene rings is 6. The number of thiophene rings is 1. The van der Waals surface area contributed by atoms with Crippen molar-refractivity contribution >= 4 is 81.5 Å². The van der Waals surface area contributed by atoms with Gasteiger partial charge in [-0.15, -0.1) is 11.3 Å². The van der Waals surface area contributed by atoms with E-state index < -0.39 is 0 Å². The minimum atomic E-state index is 0.568. The van der Waals surface area contributed by atoms with Crippen molar-refractivity contribution in [2.24, 2.45) is 0 Å². The molecule has 5 nitrogen and oxygen atoms in total. The van der Waals surface area contributed by atoms with Gasteiger partial charge in [0.1, 0.15) is 22.3 Å². The summed E-state index contributed by atoms with van der Waals surface area (Å²) in [5.74, 6) is 1.79. The Kier molecular flexibility index (Phi) is 8.00. The Morgan fingerprint density at radius 1 is 0.500 bits per heavy atom. The Morgan fingerprint density at radius 2 is 1.17 bits per heavy atom. The van der Waals surface area contributed by atoms with Crippen LogP contribution in [0.4, 0.5) is 0 Å². The van der Waals surface area contributed by atoms with Gasteiger partial charge in [0, 0.05) is 64.0 Å². The van der Waals surface area contributed by atoms with Gasteiger partial charge in [0.25, 0.3) is 0 Å². The Morgan fingerprint density at radius 3 is 2.03 bits per heavy atom. The lowest BCUT2D eigenvalue weighted by atomic mass is 9.96. The van der Waals surface area contributed by atoms with E-state index in [1.807, 2.05) is 24.3 Å². The summed E-state index contributed by atoms with van der Waals surface area (Å²) in [6.07, 6.45) is 6.46. The lowest BCUT2D eigenvalue weighted by Crippen LogP contribution is -2.02. The standard InChI is InChI=1S/C54H35N3O2S/c1-32-15-3-2-4-16-33-17-5-6-18-34(33)29-43(32)53-55-52(42-25-14-24-40-38-20-9-12-28-48(38)60-51(40)42)56-54(57-53)44-30-35(31-47-49(44)41-21-8-11-27-46(41)58-47)36-22-13-23-39-37-19-7-10-26-45(37)59-50(36)39/h2-4,6-16,18-31H,5,17H2,1H3. The number of para-hydroxylation sites is 3. The van der Waals surface area contributed by atoms with Crippen LogP contribution in [0.15, 0.2) is 173 Å². The number of hydrogen-bond acceptors (Lipinski definition) is 6. The van der Waals surface area contributed by atoms with Gasteiger partial charge in [-0.05, 0) is 84.5 Å². The second kappa shape index (κ2) is 13.9. The molecule has 0 saturated carbocycles. The maximum atomic E-state index is 6.68. The van der Waals surface area contributed by atoms with E-state index in [-0.39, 0.29) is 0 Å². The summed E-state index contributed by atoms with van der Waals surface area (Å²) >= 11 is 1.78.